The van der Waals surface area contributed by atoms with Gasteiger partial charge in [-0.15, -0.1) is 0 Å². The number of fused-ring (bicyclic) bond motifs is 1. The molecule has 6 heteroatoms. The first-order valence-electron chi connectivity index (χ1n) is 13.2. The molecule has 0 aliphatic carbocycles. The number of hydrogen-bond donors (Lipinski definition) is 2. The van der Waals surface area contributed by atoms with Crippen LogP contribution in [0.25, 0.3) is 0 Å². The highest BCUT2D eigenvalue weighted by Gasteiger charge is 2.29. The largest absolute Gasteiger partial charge is 0.451 e. The van der Waals surface area contributed by atoms with Gasteiger partial charge in [0, 0.05) is 44.7 Å². The highest BCUT2D eigenvalue weighted by molar-refractivity contribution is 5.41. The lowest BCUT2D eigenvalue weighted by Gasteiger charge is -2.38. The topological polar surface area (TPSA) is 49.0 Å². The third-order valence-electron chi connectivity index (χ3n) is 7.51. The van der Waals surface area contributed by atoms with E-state index in [1.54, 1.807) is 0 Å². The van der Waals surface area contributed by atoms with E-state index in [-0.39, 0.29) is 6.29 Å². The third kappa shape index (κ3) is 5.92. The van der Waals surface area contributed by atoms with Crippen LogP contribution in [0.2, 0.25) is 0 Å². The SMILES string of the molecule is CCN(CCC1Oc2ccccc2O1)C1CCNC(c2cccc(CN3CCCNCC3)c2)C1. The van der Waals surface area contributed by atoms with E-state index in [0.29, 0.717) is 12.1 Å². The monoisotopic (exact) mass is 464 g/mol. The second-order valence-corrected chi connectivity index (χ2v) is 9.84. The van der Waals surface area contributed by atoms with Crippen molar-refractivity contribution in [1.82, 2.24) is 20.4 Å². The van der Waals surface area contributed by atoms with Crippen LogP contribution in [0.5, 0.6) is 11.5 Å². The molecular weight excluding hydrogens is 424 g/mol. The fraction of sp³-hybridized carbons (Fsp3) is 0.571. The van der Waals surface area contributed by atoms with Gasteiger partial charge in [-0.25, -0.2) is 0 Å². The summed E-state index contributed by atoms with van der Waals surface area (Å²) < 4.78 is 12.0. The Morgan fingerprint density at radius 2 is 1.85 bits per heavy atom. The van der Waals surface area contributed by atoms with Gasteiger partial charge in [0.2, 0.25) is 6.29 Å². The first-order valence-corrected chi connectivity index (χ1v) is 13.2. The van der Waals surface area contributed by atoms with E-state index in [0.717, 1.165) is 70.2 Å². The molecule has 3 aliphatic heterocycles. The first-order chi connectivity index (χ1) is 16.8. The molecule has 184 valence electrons. The molecule has 2 fully saturated rings. The summed E-state index contributed by atoms with van der Waals surface area (Å²) in [4.78, 5) is 5.21. The van der Waals surface area contributed by atoms with Crippen LogP contribution in [0.3, 0.4) is 0 Å². The van der Waals surface area contributed by atoms with Crippen molar-refractivity contribution in [2.24, 2.45) is 0 Å². The second-order valence-electron chi connectivity index (χ2n) is 9.84. The van der Waals surface area contributed by atoms with Crippen molar-refractivity contribution < 1.29 is 9.47 Å². The molecule has 0 radical (unpaired) electrons. The number of rotatable bonds is 8. The van der Waals surface area contributed by atoms with Gasteiger partial charge in [0.25, 0.3) is 0 Å². The molecule has 0 aromatic heterocycles. The van der Waals surface area contributed by atoms with Crippen LogP contribution >= 0.6 is 0 Å². The van der Waals surface area contributed by atoms with Crippen molar-refractivity contribution in [3.63, 3.8) is 0 Å². The zero-order valence-corrected chi connectivity index (χ0v) is 20.5. The zero-order chi connectivity index (χ0) is 23.2. The lowest BCUT2D eigenvalue weighted by molar-refractivity contribution is 0.0249. The van der Waals surface area contributed by atoms with E-state index in [4.69, 9.17) is 9.47 Å². The van der Waals surface area contributed by atoms with E-state index in [1.807, 2.05) is 24.3 Å². The number of hydrogen-bond acceptors (Lipinski definition) is 6. The summed E-state index contributed by atoms with van der Waals surface area (Å²) in [6.45, 7) is 11.0. The van der Waals surface area contributed by atoms with E-state index < -0.39 is 0 Å². The number of para-hydroxylation sites is 2. The summed E-state index contributed by atoms with van der Waals surface area (Å²) in [7, 11) is 0. The van der Waals surface area contributed by atoms with Crippen LogP contribution < -0.4 is 20.1 Å². The maximum absolute atomic E-state index is 5.99. The van der Waals surface area contributed by atoms with Crippen molar-refractivity contribution in [1.29, 1.82) is 0 Å². The average Bonchev–Trinajstić information content (AvgIpc) is 3.12. The predicted molar refractivity (Wildman–Crippen MR) is 136 cm³/mol. The van der Waals surface area contributed by atoms with Crippen LogP contribution in [0, 0.1) is 0 Å². The van der Waals surface area contributed by atoms with Gasteiger partial charge in [-0.2, -0.15) is 0 Å². The summed E-state index contributed by atoms with van der Waals surface area (Å²) in [5, 5.41) is 7.30. The molecule has 2 atom stereocenters. The van der Waals surface area contributed by atoms with E-state index >= 15 is 0 Å². The van der Waals surface area contributed by atoms with Crippen molar-refractivity contribution in [2.45, 2.75) is 57.5 Å². The van der Waals surface area contributed by atoms with Gasteiger partial charge in [-0.05, 0) is 68.7 Å². The van der Waals surface area contributed by atoms with Gasteiger partial charge >= 0.3 is 0 Å². The molecule has 2 aromatic rings. The molecule has 6 nitrogen and oxygen atoms in total. The Labute approximate surface area is 204 Å². The summed E-state index contributed by atoms with van der Waals surface area (Å²) in [5.41, 5.74) is 2.87. The molecule has 3 heterocycles. The molecule has 2 aromatic carbocycles. The minimum atomic E-state index is -0.171. The third-order valence-corrected chi connectivity index (χ3v) is 7.51. The first kappa shape index (κ1) is 23.6. The Morgan fingerprint density at radius 3 is 2.68 bits per heavy atom. The van der Waals surface area contributed by atoms with Crippen LogP contribution in [-0.2, 0) is 6.54 Å². The molecule has 2 saturated heterocycles. The van der Waals surface area contributed by atoms with Crippen molar-refractivity contribution >= 4 is 0 Å². The Kier molecular flexibility index (Phi) is 8.01. The van der Waals surface area contributed by atoms with Crippen LogP contribution in [0.4, 0.5) is 0 Å². The average molecular weight is 465 g/mol. The van der Waals surface area contributed by atoms with Crippen molar-refractivity contribution in [2.75, 3.05) is 45.8 Å². The standard InChI is InChI=1S/C28H40N4O2/c1-2-32(17-12-28-33-26-9-3-4-10-27(26)34-28)24-11-14-30-25(20-24)23-8-5-7-22(19-23)21-31-16-6-13-29-15-18-31/h3-5,7-10,19,24-25,28-30H,2,6,11-18,20-21H2,1H3. The number of nitrogens with one attached hydrogen (secondary N) is 2. The van der Waals surface area contributed by atoms with Crippen LogP contribution in [0.1, 0.15) is 49.8 Å². The maximum atomic E-state index is 5.99. The Balaban J connectivity index is 1.16. The van der Waals surface area contributed by atoms with Crippen molar-refractivity contribution in [3.8, 4) is 11.5 Å². The number of benzene rings is 2. The highest BCUT2D eigenvalue weighted by Crippen LogP contribution is 2.35. The summed E-state index contributed by atoms with van der Waals surface area (Å²) >= 11 is 0. The van der Waals surface area contributed by atoms with E-state index in [1.165, 1.54) is 30.5 Å². The maximum Gasteiger partial charge on any atom is 0.242 e. The van der Waals surface area contributed by atoms with Gasteiger partial charge in [0.05, 0.1) is 0 Å². The summed E-state index contributed by atoms with van der Waals surface area (Å²) in [6.07, 6.45) is 4.29. The molecule has 0 spiro atoms. The Morgan fingerprint density at radius 1 is 1.00 bits per heavy atom. The quantitative estimate of drug-likeness (QED) is 0.620. The number of nitrogens with zero attached hydrogens (tertiary/aromatic N) is 2. The molecule has 0 saturated carbocycles. The Hall–Kier alpha value is -2.12. The van der Waals surface area contributed by atoms with Gasteiger partial charge < -0.3 is 25.0 Å². The normalized spacial score (nSPS) is 23.8. The molecule has 5 rings (SSSR count). The predicted octanol–water partition coefficient (Wildman–Crippen LogP) is 3.78. The van der Waals surface area contributed by atoms with Gasteiger partial charge in [0.1, 0.15) is 0 Å². The molecule has 0 amide bonds. The minimum absolute atomic E-state index is 0.171. The smallest absolute Gasteiger partial charge is 0.242 e. The summed E-state index contributed by atoms with van der Waals surface area (Å²) in [6, 6.07) is 18.3. The van der Waals surface area contributed by atoms with Gasteiger partial charge in [0.15, 0.2) is 11.5 Å². The van der Waals surface area contributed by atoms with E-state index in [2.05, 4.69) is 51.6 Å². The lowest BCUT2D eigenvalue weighted by Crippen LogP contribution is -2.45. The van der Waals surface area contributed by atoms with Crippen molar-refractivity contribution in [3.05, 3.63) is 59.7 Å². The lowest BCUT2D eigenvalue weighted by atomic mass is 9.91. The zero-order valence-electron chi connectivity index (χ0n) is 20.5. The second kappa shape index (κ2) is 11.5. The van der Waals surface area contributed by atoms with Gasteiger partial charge in [-0.3, -0.25) is 4.90 Å². The minimum Gasteiger partial charge on any atom is -0.451 e. The molecule has 0 bridgehead atoms. The Bertz CT molecular complexity index is 890. The molecule has 34 heavy (non-hydrogen) atoms. The van der Waals surface area contributed by atoms with Crippen LogP contribution in [0.15, 0.2) is 48.5 Å². The fourth-order valence-corrected chi connectivity index (χ4v) is 5.65. The molecular formula is C28H40N4O2. The molecule has 2 N–H and O–H groups in total. The van der Waals surface area contributed by atoms with Crippen LogP contribution in [-0.4, -0.2) is 67.9 Å². The number of piperidine rings is 1. The molecule has 2 unspecified atom stereocenters. The van der Waals surface area contributed by atoms with E-state index in [9.17, 15) is 0 Å². The van der Waals surface area contributed by atoms with Gasteiger partial charge in [-0.1, -0.05) is 43.3 Å². The molecule has 3 aliphatic rings. The number of ether oxygens (including phenoxy) is 2. The summed E-state index contributed by atoms with van der Waals surface area (Å²) in [5.74, 6) is 1.74. The fourth-order valence-electron chi connectivity index (χ4n) is 5.65. The highest BCUT2D eigenvalue weighted by atomic mass is 16.7.